The third-order valence-electron chi connectivity index (χ3n) is 3.91. The van der Waals surface area contributed by atoms with E-state index in [-0.39, 0.29) is 5.60 Å². The monoisotopic (exact) mass is 198 g/mol. The first-order valence-corrected chi connectivity index (χ1v) is 6.45. The molecule has 0 aromatic heterocycles. The van der Waals surface area contributed by atoms with Gasteiger partial charge in [-0.15, -0.1) is 0 Å². The van der Waals surface area contributed by atoms with E-state index < -0.39 is 0 Å². The molecule has 0 radical (unpaired) electrons. The zero-order chi connectivity index (χ0) is 10.4. The molecule has 14 heavy (non-hydrogen) atoms. The molecular formula is C13H26O. The zero-order valence-electron chi connectivity index (χ0n) is 9.89. The van der Waals surface area contributed by atoms with Crippen LogP contribution in [0.15, 0.2) is 0 Å². The van der Waals surface area contributed by atoms with Crippen LogP contribution in [0.5, 0.6) is 0 Å². The SMILES string of the molecule is CCCC(O)(CC)C1CCCCCC1. The van der Waals surface area contributed by atoms with Crippen molar-refractivity contribution in [3.63, 3.8) is 0 Å². The van der Waals surface area contributed by atoms with Gasteiger partial charge in [0.05, 0.1) is 5.60 Å². The van der Waals surface area contributed by atoms with Gasteiger partial charge in [-0.25, -0.2) is 0 Å². The fourth-order valence-electron chi connectivity index (χ4n) is 2.92. The summed E-state index contributed by atoms with van der Waals surface area (Å²) in [4.78, 5) is 0. The quantitative estimate of drug-likeness (QED) is 0.679. The summed E-state index contributed by atoms with van der Waals surface area (Å²) in [6.45, 7) is 4.32. The highest BCUT2D eigenvalue weighted by atomic mass is 16.3. The lowest BCUT2D eigenvalue weighted by Gasteiger charge is -2.35. The lowest BCUT2D eigenvalue weighted by Crippen LogP contribution is -2.37. The maximum Gasteiger partial charge on any atom is 0.0673 e. The molecule has 1 nitrogen and oxygen atoms in total. The molecule has 1 rings (SSSR count). The van der Waals surface area contributed by atoms with Gasteiger partial charge in [0.1, 0.15) is 0 Å². The van der Waals surface area contributed by atoms with Crippen molar-refractivity contribution in [1.29, 1.82) is 0 Å². The highest BCUT2D eigenvalue weighted by molar-refractivity contribution is 4.85. The van der Waals surface area contributed by atoms with Gasteiger partial charge >= 0.3 is 0 Å². The van der Waals surface area contributed by atoms with Gasteiger partial charge < -0.3 is 5.11 Å². The molecule has 0 saturated heterocycles. The molecule has 1 heteroatoms. The van der Waals surface area contributed by atoms with Crippen LogP contribution in [0.25, 0.3) is 0 Å². The predicted molar refractivity (Wildman–Crippen MR) is 61.3 cm³/mol. The van der Waals surface area contributed by atoms with E-state index in [2.05, 4.69) is 13.8 Å². The smallest absolute Gasteiger partial charge is 0.0673 e. The largest absolute Gasteiger partial charge is 0.390 e. The van der Waals surface area contributed by atoms with Gasteiger partial charge in [0, 0.05) is 0 Å². The highest BCUT2D eigenvalue weighted by Crippen LogP contribution is 2.36. The molecule has 1 fully saturated rings. The Kier molecular flexibility index (Phi) is 4.94. The minimum Gasteiger partial charge on any atom is -0.390 e. The standard InChI is InChI=1S/C13H26O/c1-3-11-13(14,4-2)12-9-7-5-6-8-10-12/h12,14H,3-11H2,1-2H3. The van der Waals surface area contributed by atoms with Crippen molar-refractivity contribution in [3.8, 4) is 0 Å². The average molecular weight is 198 g/mol. The first kappa shape index (κ1) is 12.0. The van der Waals surface area contributed by atoms with E-state index in [1.165, 1.54) is 38.5 Å². The van der Waals surface area contributed by atoms with Crippen LogP contribution in [0.3, 0.4) is 0 Å². The van der Waals surface area contributed by atoms with Crippen LogP contribution in [0, 0.1) is 5.92 Å². The summed E-state index contributed by atoms with van der Waals surface area (Å²) in [5, 5.41) is 10.6. The van der Waals surface area contributed by atoms with Crippen molar-refractivity contribution in [2.24, 2.45) is 5.92 Å². The van der Waals surface area contributed by atoms with E-state index in [1.54, 1.807) is 0 Å². The number of hydrogen-bond acceptors (Lipinski definition) is 1. The van der Waals surface area contributed by atoms with Gasteiger partial charge in [-0.1, -0.05) is 46.0 Å². The van der Waals surface area contributed by atoms with Crippen LogP contribution < -0.4 is 0 Å². The topological polar surface area (TPSA) is 20.2 Å². The number of aliphatic hydroxyl groups is 1. The van der Waals surface area contributed by atoms with Crippen LogP contribution >= 0.6 is 0 Å². The number of rotatable bonds is 4. The van der Waals surface area contributed by atoms with Crippen LogP contribution in [0.4, 0.5) is 0 Å². The second kappa shape index (κ2) is 5.75. The lowest BCUT2D eigenvalue weighted by molar-refractivity contribution is -0.0361. The van der Waals surface area contributed by atoms with Crippen molar-refractivity contribution < 1.29 is 5.11 Å². The molecule has 0 heterocycles. The van der Waals surface area contributed by atoms with Gasteiger partial charge in [-0.3, -0.25) is 0 Å². The Morgan fingerprint density at radius 3 is 2.07 bits per heavy atom. The Morgan fingerprint density at radius 1 is 1.07 bits per heavy atom. The van der Waals surface area contributed by atoms with E-state index in [0.717, 1.165) is 19.3 Å². The Hall–Kier alpha value is -0.0400. The molecule has 1 saturated carbocycles. The molecule has 1 aliphatic carbocycles. The van der Waals surface area contributed by atoms with Gasteiger partial charge in [-0.2, -0.15) is 0 Å². The maximum atomic E-state index is 10.6. The van der Waals surface area contributed by atoms with E-state index in [1.807, 2.05) is 0 Å². The Balaban J connectivity index is 2.56. The Morgan fingerprint density at radius 2 is 1.64 bits per heavy atom. The van der Waals surface area contributed by atoms with E-state index >= 15 is 0 Å². The Labute approximate surface area is 88.9 Å². The van der Waals surface area contributed by atoms with Crippen molar-refractivity contribution in [1.82, 2.24) is 0 Å². The molecule has 0 spiro atoms. The Bertz CT molecular complexity index is 147. The molecule has 1 atom stereocenters. The average Bonchev–Trinajstić information content (AvgIpc) is 2.46. The van der Waals surface area contributed by atoms with Crippen molar-refractivity contribution in [2.75, 3.05) is 0 Å². The van der Waals surface area contributed by atoms with Crippen LogP contribution in [-0.2, 0) is 0 Å². The second-order valence-corrected chi connectivity index (χ2v) is 4.90. The van der Waals surface area contributed by atoms with Gasteiger partial charge in [-0.05, 0) is 31.6 Å². The summed E-state index contributed by atoms with van der Waals surface area (Å²) < 4.78 is 0. The van der Waals surface area contributed by atoms with Gasteiger partial charge in [0.2, 0.25) is 0 Å². The molecular weight excluding hydrogens is 172 g/mol. The molecule has 0 amide bonds. The minimum atomic E-state index is -0.348. The fourth-order valence-corrected chi connectivity index (χ4v) is 2.92. The lowest BCUT2D eigenvalue weighted by atomic mass is 9.77. The second-order valence-electron chi connectivity index (χ2n) is 4.90. The first-order valence-electron chi connectivity index (χ1n) is 6.45. The zero-order valence-corrected chi connectivity index (χ0v) is 9.89. The summed E-state index contributed by atoms with van der Waals surface area (Å²) in [7, 11) is 0. The summed E-state index contributed by atoms with van der Waals surface area (Å²) in [5.41, 5.74) is -0.348. The maximum absolute atomic E-state index is 10.6. The summed E-state index contributed by atoms with van der Waals surface area (Å²) in [6.07, 6.45) is 11.0. The van der Waals surface area contributed by atoms with Crippen LogP contribution in [0.2, 0.25) is 0 Å². The third kappa shape index (κ3) is 2.98. The molecule has 84 valence electrons. The minimum absolute atomic E-state index is 0.348. The van der Waals surface area contributed by atoms with E-state index in [4.69, 9.17) is 0 Å². The highest BCUT2D eigenvalue weighted by Gasteiger charge is 2.33. The summed E-state index contributed by atoms with van der Waals surface area (Å²) in [5.74, 6) is 0.579. The molecule has 0 aliphatic heterocycles. The molecule has 0 aromatic rings. The van der Waals surface area contributed by atoms with Crippen molar-refractivity contribution in [3.05, 3.63) is 0 Å². The number of hydrogen-bond donors (Lipinski definition) is 1. The predicted octanol–water partition coefficient (Wildman–Crippen LogP) is 3.90. The van der Waals surface area contributed by atoms with Crippen molar-refractivity contribution in [2.45, 2.75) is 77.2 Å². The van der Waals surface area contributed by atoms with E-state index in [9.17, 15) is 5.11 Å². The molecule has 0 aromatic carbocycles. The fraction of sp³-hybridized carbons (Fsp3) is 1.00. The van der Waals surface area contributed by atoms with Gasteiger partial charge in [0.15, 0.2) is 0 Å². The van der Waals surface area contributed by atoms with Gasteiger partial charge in [0.25, 0.3) is 0 Å². The summed E-state index contributed by atoms with van der Waals surface area (Å²) >= 11 is 0. The normalized spacial score (nSPS) is 24.2. The molecule has 1 aliphatic rings. The van der Waals surface area contributed by atoms with Crippen molar-refractivity contribution >= 4 is 0 Å². The van der Waals surface area contributed by atoms with Crippen LogP contribution in [0.1, 0.15) is 71.6 Å². The molecule has 1 N–H and O–H groups in total. The molecule has 0 bridgehead atoms. The third-order valence-corrected chi connectivity index (χ3v) is 3.91. The summed E-state index contributed by atoms with van der Waals surface area (Å²) in [6, 6.07) is 0. The van der Waals surface area contributed by atoms with Crippen LogP contribution in [-0.4, -0.2) is 10.7 Å². The van der Waals surface area contributed by atoms with E-state index in [0.29, 0.717) is 5.92 Å². The first-order chi connectivity index (χ1) is 6.73. The molecule has 1 unspecified atom stereocenters.